The Morgan fingerprint density at radius 3 is 1.06 bits per heavy atom. The molecule has 2 radical (unpaired) electrons. The fourth-order valence-corrected chi connectivity index (χ4v) is 7.03. The number of fused-ring (bicyclic) bond motifs is 10. The first-order valence-corrected chi connectivity index (χ1v) is 19.6. The second kappa shape index (κ2) is 16.7. The second-order valence-electron chi connectivity index (χ2n) is 11.4. The summed E-state index contributed by atoms with van der Waals surface area (Å²) in [5, 5.41) is 10.6. The van der Waals surface area contributed by atoms with E-state index in [1.54, 1.807) is 0 Å². The zero-order chi connectivity index (χ0) is 31.0. The predicted octanol–water partition coefficient (Wildman–Crippen LogP) is 12.7. The molecule has 10 rings (SSSR count). The molecule has 0 atom stereocenters. The number of hydrogen-bond acceptors (Lipinski definition) is 0. The van der Waals surface area contributed by atoms with Gasteiger partial charge in [-0.05, 0) is 47.4 Å². The average molecular weight is 783 g/mol. The van der Waals surface area contributed by atoms with Gasteiger partial charge in [-0.15, -0.1) is 59.9 Å². The van der Waals surface area contributed by atoms with E-state index in [1.807, 2.05) is 0 Å². The quantitative estimate of drug-likeness (QED) is 0.122. The SMILES string of the molecule is Cl.Cl.[CH3-].[CH3-].[Si]=[Zr].c1ccc(-n2c3ccccc3c3[cH-]c4ccccc4c32)cc1.c1ccc(-n2c3ccccc3c3[cH-]c4ccccc4c32)cc1. The fraction of sp³-hybridized carbons (Fsp3) is 0. The summed E-state index contributed by atoms with van der Waals surface area (Å²) in [6, 6.07) is 60.4. The van der Waals surface area contributed by atoms with E-state index < -0.39 is 0 Å². The topological polar surface area (TPSA) is 9.86 Å². The van der Waals surface area contributed by atoms with Gasteiger partial charge >= 0.3 is 30.2 Å². The van der Waals surface area contributed by atoms with Crippen molar-refractivity contribution >= 4 is 96.9 Å². The van der Waals surface area contributed by atoms with Gasteiger partial charge in [-0.2, -0.15) is 0 Å². The largest absolute Gasteiger partial charge is 0.355 e. The van der Waals surface area contributed by atoms with Crippen molar-refractivity contribution in [1.29, 1.82) is 0 Å². The molecule has 8 aromatic carbocycles. The van der Waals surface area contributed by atoms with Gasteiger partial charge in [0.15, 0.2) is 0 Å². The maximum Gasteiger partial charge on any atom is 0.0378 e. The van der Waals surface area contributed by atoms with Crippen LogP contribution in [0, 0.1) is 14.9 Å². The minimum Gasteiger partial charge on any atom is -0.355 e. The molecule has 0 aliphatic heterocycles. The van der Waals surface area contributed by atoms with E-state index in [9.17, 15) is 0 Å². The molecule has 10 aromatic rings. The summed E-state index contributed by atoms with van der Waals surface area (Å²) in [6.45, 7) is 3.06. The van der Waals surface area contributed by atoms with Crippen molar-refractivity contribution in [3.8, 4) is 11.4 Å². The van der Waals surface area contributed by atoms with Gasteiger partial charge in [-0.25, -0.2) is 0 Å². The molecule has 0 fully saturated rings. The van der Waals surface area contributed by atoms with Gasteiger partial charge < -0.3 is 24.0 Å². The van der Waals surface area contributed by atoms with Crippen LogP contribution < -0.4 is 0 Å². The van der Waals surface area contributed by atoms with E-state index in [0.29, 0.717) is 0 Å². The van der Waals surface area contributed by atoms with Gasteiger partial charge in [-0.3, -0.25) is 0 Å². The van der Waals surface area contributed by atoms with Crippen LogP contribution in [0.25, 0.3) is 76.5 Å². The first-order valence-electron chi connectivity index (χ1n) is 15.4. The molecule has 6 heteroatoms. The molecule has 2 nitrogen and oxygen atoms in total. The maximum absolute atomic E-state index is 3.06. The summed E-state index contributed by atoms with van der Waals surface area (Å²) in [5.74, 6) is 0. The molecule has 0 bridgehead atoms. The van der Waals surface area contributed by atoms with Crippen LogP contribution in [0.1, 0.15) is 0 Å². The van der Waals surface area contributed by atoms with E-state index in [2.05, 4.69) is 186 Å². The molecule has 0 unspecified atom stereocenters. The number of hydrogen-bond donors (Lipinski definition) is 0. The smallest absolute Gasteiger partial charge is 0.0378 e. The Morgan fingerprint density at radius 2 is 0.680 bits per heavy atom. The standard InChI is InChI=1S/2C21H14N.2CH3.2ClH.Si.Zr/c2*1-2-9-16(10-3-1)22-20-13-7-6-12-18(20)19-14-15-8-4-5-11-17(15)21(19)22;;;;;;/h2*1-14H;2*1H3;2*1H;;/q4*-1;;;;. The van der Waals surface area contributed by atoms with Crippen LogP contribution in [0.4, 0.5) is 0 Å². The number of benzene rings is 6. The van der Waals surface area contributed by atoms with Crippen molar-refractivity contribution in [2.75, 3.05) is 0 Å². The van der Waals surface area contributed by atoms with Crippen LogP contribution in [0.2, 0.25) is 0 Å². The molecular formula is C44H36Cl2N2SiZr-4. The predicted molar refractivity (Wildman–Crippen MR) is 221 cm³/mol. The van der Waals surface area contributed by atoms with Gasteiger partial charge in [0.25, 0.3) is 0 Å². The van der Waals surface area contributed by atoms with E-state index in [-0.39, 0.29) is 39.7 Å². The van der Waals surface area contributed by atoms with Crippen LogP contribution in [-0.4, -0.2) is 16.0 Å². The Labute approximate surface area is 323 Å². The summed E-state index contributed by atoms with van der Waals surface area (Å²) in [5.41, 5.74) is 7.58. The Balaban J connectivity index is 0.000000199. The molecule has 0 aliphatic carbocycles. The Bertz CT molecular complexity index is 2440. The third-order valence-corrected chi connectivity index (χ3v) is 8.89. The van der Waals surface area contributed by atoms with Crippen molar-refractivity contribution in [3.63, 3.8) is 0 Å². The van der Waals surface area contributed by atoms with E-state index in [4.69, 9.17) is 0 Å². The molecule has 0 spiro atoms. The second-order valence-corrected chi connectivity index (χ2v) is 11.4. The fourth-order valence-electron chi connectivity index (χ4n) is 7.03. The number of nitrogens with zero attached hydrogens (tertiary/aromatic N) is 2. The third-order valence-electron chi connectivity index (χ3n) is 8.89. The van der Waals surface area contributed by atoms with Gasteiger partial charge in [0.2, 0.25) is 0 Å². The average Bonchev–Trinajstić information content (AvgIpc) is 3.87. The molecule has 0 aliphatic rings. The molecule has 2 heterocycles. The zero-order valence-corrected chi connectivity index (χ0v) is 33.0. The molecule has 0 saturated carbocycles. The summed E-state index contributed by atoms with van der Waals surface area (Å²) >= 11 is 1.36. The normalized spacial score (nSPS) is 10.3. The van der Waals surface area contributed by atoms with Crippen molar-refractivity contribution in [3.05, 3.63) is 185 Å². The molecule has 248 valence electrons. The monoisotopic (exact) mass is 780 g/mol. The van der Waals surface area contributed by atoms with Crippen molar-refractivity contribution in [2.45, 2.75) is 0 Å². The van der Waals surface area contributed by atoms with E-state index in [0.717, 1.165) is 0 Å². The number of aromatic nitrogens is 2. The first kappa shape index (κ1) is 38.6. The summed E-state index contributed by atoms with van der Waals surface area (Å²) in [6.07, 6.45) is 0. The van der Waals surface area contributed by atoms with Crippen LogP contribution in [0.15, 0.2) is 170 Å². The zero-order valence-electron chi connectivity index (χ0n) is 27.9. The Morgan fingerprint density at radius 1 is 0.380 bits per heavy atom. The van der Waals surface area contributed by atoms with Crippen LogP contribution in [0.5, 0.6) is 0 Å². The molecule has 50 heavy (non-hydrogen) atoms. The summed E-state index contributed by atoms with van der Waals surface area (Å²) in [4.78, 5) is 0. The number of rotatable bonds is 2. The molecule has 2 aromatic heterocycles. The van der Waals surface area contributed by atoms with Crippen LogP contribution in [-0.2, 0) is 23.3 Å². The number of para-hydroxylation sites is 4. The first-order chi connectivity index (χ1) is 22.9. The summed E-state index contributed by atoms with van der Waals surface area (Å²) < 4.78 is 4.76. The van der Waals surface area contributed by atoms with Gasteiger partial charge in [0, 0.05) is 22.4 Å². The van der Waals surface area contributed by atoms with Crippen LogP contribution >= 0.6 is 24.8 Å². The van der Waals surface area contributed by atoms with Crippen molar-refractivity contribution in [2.24, 2.45) is 0 Å². The molecule has 0 N–H and O–H groups in total. The van der Waals surface area contributed by atoms with Crippen molar-refractivity contribution in [1.82, 2.24) is 9.13 Å². The summed E-state index contributed by atoms with van der Waals surface area (Å²) in [7, 11) is 0. The minimum atomic E-state index is 0. The molecule has 0 amide bonds. The Hall–Kier alpha value is -4.18. The van der Waals surface area contributed by atoms with Crippen LogP contribution in [0.3, 0.4) is 0 Å². The molecular weight excluding hydrogens is 747 g/mol. The third kappa shape index (κ3) is 6.43. The Kier molecular flexibility index (Phi) is 12.9. The van der Waals surface area contributed by atoms with E-state index >= 15 is 0 Å². The van der Waals surface area contributed by atoms with Crippen molar-refractivity contribution < 1.29 is 23.3 Å². The molecule has 0 saturated heterocycles. The van der Waals surface area contributed by atoms with Gasteiger partial charge in [-0.1, -0.05) is 142 Å². The maximum atomic E-state index is 3.06. The van der Waals surface area contributed by atoms with E-state index in [1.165, 1.54) is 99.9 Å². The van der Waals surface area contributed by atoms with Gasteiger partial charge in [0.05, 0.1) is 0 Å². The van der Waals surface area contributed by atoms with Gasteiger partial charge in [0.1, 0.15) is 0 Å². The minimum absolute atomic E-state index is 0. The number of halogens is 2.